The van der Waals surface area contributed by atoms with Crippen LogP contribution in [-0.2, 0) is 6.54 Å². The molecule has 0 spiro atoms. The SMILES string of the molecule is O=C(NCc1cscn1)N1CCC([C@@H](O)c2ccccc2)CC1. The first-order valence-electron chi connectivity index (χ1n) is 7.87. The zero-order chi connectivity index (χ0) is 16.1. The first kappa shape index (κ1) is 16.0. The van der Waals surface area contributed by atoms with E-state index in [9.17, 15) is 9.90 Å². The van der Waals surface area contributed by atoms with Gasteiger partial charge in [-0.1, -0.05) is 30.3 Å². The highest BCUT2D eigenvalue weighted by atomic mass is 32.1. The summed E-state index contributed by atoms with van der Waals surface area (Å²) in [5.74, 6) is 0.208. The number of urea groups is 1. The first-order valence-corrected chi connectivity index (χ1v) is 8.81. The van der Waals surface area contributed by atoms with Crippen LogP contribution in [0.25, 0.3) is 0 Å². The minimum Gasteiger partial charge on any atom is -0.388 e. The van der Waals surface area contributed by atoms with E-state index in [1.54, 1.807) is 5.51 Å². The molecule has 0 radical (unpaired) electrons. The second kappa shape index (κ2) is 7.57. The van der Waals surface area contributed by atoms with Crippen LogP contribution in [0.2, 0.25) is 0 Å². The predicted molar refractivity (Wildman–Crippen MR) is 90.0 cm³/mol. The summed E-state index contributed by atoms with van der Waals surface area (Å²) in [6.45, 7) is 1.82. The average molecular weight is 331 g/mol. The number of nitrogens with one attached hydrogen (secondary N) is 1. The van der Waals surface area contributed by atoms with Gasteiger partial charge in [-0.15, -0.1) is 11.3 Å². The lowest BCUT2D eigenvalue weighted by Gasteiger charge is -2.34. The van der Waals surface area contributed by atoms with Crippen molar-refractivity contribution < 1.29 is 9.90 Å². The Morgan fingerprint density at radius 1 is 1.35 bits per heavy atom. The van der Waals surface area contributed by atoms with Crippen LogP contribution in [-0.4, -0.2) is 34.1 Å². The lowest BCUT2D eigenvalue weighted by Crippen LogP contribution is -2.45. The third-order valence-electron chi connectivity index (χ3n) is 4.32. The topological polar surface area (TPSA) is 65.5 Å². The molecular weight excluding hydrogens is 310 g/mol. The van der Waals surface area contributed by atoms with E-state index in [0.29, 0.717) is 19.6 Å². The molecule has 0 bridgehead atoms. The van der Waals surface area contributed by atoms with Gasteiger partial charge in [0.25, 0.3) is 0 Å². The van der Waals surface area contributed by atoms with Gasteiger partial charge < -0.3 is 15.3 Å². The minimum absolute atomic E-state index is 0.0503. The van der Waals surface area contributed by atoms with E-state index in [2.05, 4.69) is 10.3 Å². The number of aromatic nitrogens is 1. The van der Waals surface area contributed by atoms with E-state index in [1.165, 1.54) is 11.3 Å². The van der Waals surface area contributed by atoms with Crippen LogP contribution >= 0.6 is 11.3 Å². The summed E-state index contributed by atoms with van der Waals surface area (Å²) < 4.78 is 0. The van der Waals surface area contributed by atoms with Crippen molar-refractivity contribution in [1.82, 2.24) is 15.2 Å². The molecule has 0 aliphatic carbocycles. The quantitative estimate of drug-likeness (QED) is 0.905. The van der Waals surface area contributed by atoms with Gasteiger partial charge in [0.05, 0.1) is 23.9 Å². The normalized spacial score (nSPS) is 17.0. The average Bonchev–Trinajstić information content (AvgIpc) is 3.13. The van der Waals surface area contributed by atoms with Crippen molar-refractivity contribution in [2.45, 2.75) is 25.5 Å². The van der Waals surface area contributed by atoms with Gasteiger partial charge in [0, 0.05) is 18.5 Å². The molecule has 2 heterocycles. The molecule has 1 saturated heterocycles. The van der Waals surface area contributed by atoms with Crippen molar-refractivity contribution in [3.05, 3.63) is 52.5 Å². The van der Waals surface area contributed by atoms with Crippen molar-refractivity contribution in [1.29, 1.82) is 0 Å². The molecule has 1 fully saturated rings. The molecule has 6 heteroatoms. The Hall–Kier alpha value is -1.92. The highest BCUT2D eigenvalue weighted by Gasteiger charge is 2.28. The lowest BCUT2D eigenvalue weighted by molar-refractivity contribution is 0.0665. The number of carbonyl (C=O) groups is 1. The van der Waals surface area contributed by atoms with Gasteiger partial charge in [-0.25, -0.2) is 9.78 Å². The van der Waals surface area contributed by atoms with Crippen LogP contribution < -0.4 is 5.32 Å². The zero-order valence-corrected chi connectivity index (χ0v) is 13.7. The fraction of sp³-hybridized carbons (Fsp3) is 0.412. The van der Waals surface area contributed by atoms with Crippen LogP contribution in [0.15, 0.2) is 41.2 Å². The number of amides is 2. The number of rotatable bonds is 4. The second-order valence-corrected chi connectivity index (χ2v) is 6.54. The molecule has 1 aromatic carbocycles. The summed E-state index contributed by atoms with van der Waals surface area (Å²) >= 11 is 1.52. The van der Waals surface area contributed by atoms with Crippen LogP contribution in [0.1, 0.15) is 30.2 Å². The Kier molecular flexibility index (Phi) is 5.25. The number of aliphatic hydroxyl groups excluding tert-OH is 1. The summed E-state index contributed by atoms with van der Waals surface area (Å²) in [4.78, 5) is 18.1. The van der Waals surface area contributed by atoms with E-state index < -0.39 is 6.10 Å². The Morgan fingerprint density at radius 3 is 2.74 bits per heavy atom. The largest absolute Gasteiger partial charge is 0.388 e. The number of likely N-dealkylation sites (tertiary alicyclic amines) is 1. The van der Waals surface area contributed by atoms with E-state index >= 15 is 0 Å². The number of hydrogen-bond donors (Lipinski definition) is 2. The monoisotopic (exact) mass is 331 g/mol. The number of thiazole rings is 1. The molecule has 2 aromatic rings. The summed E-state index contributed by atoms with van der Waals surface area (Å²) in [6, 6.07) is 9.70. The van der Waals surface area contributed by atoms with E-state index in [4.69, 9.17) is 0 Å². The van der Waals surface area contributed by atoms with Crippen LogP contribution in [0.5, 0.6) is 0 Å². The fourth-order valence-electron chi connectivity index (χ4n) is 2.94. The Bertz CT molecular complexity index is 610. The van der Waals surface area contributed by atoms with Gasteiger partial charge in [0.15, 0.2) is 0 Å². The molecule has 1 aromatic heterocycles. The maximum Gasteiger partial charge on any atom is 0.317 e. The van der Waals surface area contributed by atoms with Gasteiger partial charge >= 0.3 is 6.03 Å². The number of benzene rings is 1. The van der Waals surface area contributed by atoms with Gasteiger partial charge in [-0.2, -0.15) is 0 Å². The van der Waals surface area contributed by atoms with Crippen LogP contribution in [0.4, 0.5) is 4.79 Å². The molecule has 23 heavy (non-hydrogen) atoms. The van der Waals surface area contributed by atoms with Crippen molar-refractivity contribution in [2.75, 3.05) is 13.1 Å². The van der Waals surface area contributed by atoms with Crippen molar-refractivity contribution in [3.8, 4) is 0 Å². The minimum atomic E-state index is -0.448. The first-order chi connectivity index (χ1) is 11.2. The smallest absolute Gasteiger partial charge is 0.317 e. The Labute approximate surface area is 140 Å². The summed E-state index contributed by atoms with van der Waals surface area (Å²) in [5.41, 5.74) is 3.61. The molecule has 2 N–H and O–H groups in total. The molecule has 1 atom stereocenters. The maximum absolute atomic E-state index is 12.2. The Morgan fingerprint density at radius 2 is 2.09 bits per heavy atom. The fourth-order valence-corrected chi connectivity index (χ4v) is 3.50. The van der Waals surface area contributed by atoms with Crippen molar-refractivity contribution >= 4 is 17.4 Å². The van der Waals surface area contributed by atoms with Gasteiger partial charge in [-0.05, 0) is 24.3 Å². The number of nitrogens with zero attached hydrogens (tertiary/aromatic N) is 2. The molecule has 3 rings (SSSR count). The molecule has 0 saturated carbocycles. The third-order valence-corrected chi connectivity index (χ3v) is 4.95. The number of aliphatic hydroxyl groups is 1. The maximum atomic E-state index is 12.2. The number of hydrogen-bond acceptors (Lipinski definition) is 4. The molecule has 0 unspecified atom stereocenters. The highest BCUT2D eigenvalue weighted by Crippen LogP contribution is 2.30. The summed E-state index contributed by atoms with van der Waals surface area (Å²) in [7, 11) is 0. The van der Waals surface area contributed by atoms with Crippen LogP contribution in [0, 0.1) is 5.92 Å². The molecule has 1 aliphatic heterocycles. The van der Waals surface area contributed by atoms with Crippen molar-refractivity contribution in [3.63, 3.8) is 0 Å². The van der Waals surface area contributed by atoms with Gasteiger partial charge in [0.1, 0.15) is 0 Å². The molecule has 5 nitrogen and oxygen atoms in total. The van der Waals surface area contributed by atoms with E-state index in [1.807, 2.05) is 40.6 Å². The number of carbonyl (C=O) groups excluding carboxylic acids is 1. The molecule has 1 aliphatic rings. The lowest BCUT2D eigenvalue weighted by atomic mass is 9.87. The van der Waals surface area contributed by atoms with E-state index in [-0.39, 0.29) is 11.9 Å². The number of piperidine rings is 1. The Balaban J connectivity index is 1.47. The molecule has 2 amide bonds. The predicted octanol–water partition coefficient (Wildman–Crippen LogP) is 2.80. The van der Waals surface area contributed by atoms with Gasteiger partial charge in [0.2, 0.25) is 0 Å². The second-order valence-electron chi connectivity index (χ2n) is 5.82. The van der Waals surface area contributed by atoms with Crippen molar-refractivity contribution in [2.24, 2.45) is 5.92 Å². The third kappa shape index (κ3) is 4.09. The van der Waals surface area contributed by atoms with Gasteiger partial charge in [-0.3, -0.25) is 0 Å². The highest BCUT2D eigenvalue weighted by molar-refractivity contribution is 7.07. The molecule has 122 valence electrons. The standard InChI is InChI=1S/C17H21N3O2S/c21-16(13-4-2-1-3-5-13)14-6-8-20(9-7-14)17(22)18-10-15-11-23-12-19-15/h1-5,11-12,14,16,21H,6-10H2,(H,18,22)/t16-/m0/s1. The summed E-state index contributed by atoms with van der Waals surface area (Å²) in [6.07, 6.45) is 1.19. The zero-order valence-electron chi connectivity index (χ0n) is 12.9. The molecular formula is C17H21N3O2S. The summed E-state index contributed by atoms with van der Waals surface area (Å²) in [5, 5.41) is 15.3. The van der Waals surface area contributed by atoms with Crippen LogP contribution in [0.3, 0.4) is 0 Å². The van der Waals surface area contributed by atoms with E-state index in [0.717, 1.165) is 24.1 Å².